The SMILES string of the molecule is CC1CCN(c2ncns2)C1CCl. The second kappa shape index (κ2) is 3.80. The van der Waals surface area contributed by atoms with Crippen molar-refractivity contribution in [3.05, 3.63) is 6.33 Å². The van der Waals surface area contributed by atoms with Crippen LogP contribution in [0.1, 0.15) is 13.3 Å². The van der Waals surface area contributed by atoms with Gasteiger partial charge in [-0.25, -0.2) is 4.98 Å². The first-order chi connectivity index (χ1) is 6.33. The molecule has 2 rings (SSSR count). The Balaban J connectivity index is 2.16. The highest BCUT2D eigenvalue weighted by Gasteiger charge is 2.31. The summed E-state index contributed by atoms with van der Waals surface area (Å²) in [6, 6.07) is 0.439. The lowest BCUT2D eigenvalue weighted by Crippen LogP contribution is -2.33. The third kappa shape index (κ3) is 1.65. The van der Waals surface area contributed by atoms with Crippen molar-refractivity contribution in [1.82, 2.24) is 9.36 Å². The molecule has 0 bridgehead atoms. The van der Waals surface area contributed by atoms with Gasteiger partial charge in [0, 0.05) is 30.0 Å². The van der Waals surface area contributed by atoms with Crippen molar-refractivity contribution in [2.24, 2.45) is 5.92 Å². The number of hydrogen-bond acceptors (Lipinski definition) is 4. The number of hydrogen-bond donors (Lipinski definition) is 0. The standard InChI is InChI=1S/C8H12ClN3S/c1-6-2-3-12(7(6)4-9)8-10-5-11-13-8/h5-7H,2-4H2,1H3. The van der Waals surface area contributed by atoms with Gasteiger partial charge in [-0.15, -0.1) is 11.6 Å². The molecule has 0 radical (unpaired) electrons. The molecule has 0 N–H and O–H groups in total. The molecule has 5 heteroatoms. The summed E-state index contributed by atoms with van der Waals surface area (Å²) in [7, 11) is 0. The Hall–Kier alpha value is -0.350. The highest BCUT2D eigenvalue weighted by molar-refractivity contribution is 7.09. The number of nitrogens with zero attached hydrogens (tertiary/aromatic N) is 3. The maximum atomic E-state index is 5.93. The fraction of sp³-hybridized carbons (Fsp3) is 0.750. The molecule has 2 unspecified atom stereocenters. The average Bonchev–Trinajstić information content (AvgIpc) is 2.71. The molecule has 1 aliphatic rings. The minimum atomic E-state index is 0.439. The molecule has 1 fully saturated rings. The summed E-state index contributed by atoms with van der Waals surface area (Å²) >= 11 is 7.38. The lowest BCUT2D eigenvalue weighted by atomic mass is 10.1. The molecule has 0 aliphatic carbocycles. The second-order valence-corrected chi connectivity index (χ2v) is 4.47. The molecule has 2 atom stereocenters. The van der Waals surface area contributed by atoms with Crippen molar-refractivity contribution >= 4 is 28.3 Å². The lowest BCUT2D eigenvalue weighted by Gasteiger charge is -2.23. The zero-order valence-corrected chi connectivity index (χ0v) is 9.05. The Morgan fingerprint density at radius 3 is 3.23 bits per heavy atom. The van der Waals surface area contributed by atoms with E-state index < -0.39 is 0 Å². The summed E-state index contributed by atoms with van der Waals surface area (Å²) in [4.78, 5) is 6.48. The molecule has 0 amide bonds. The Kier molecular flexibility index (Phi) is 2.69. The minimum Gasteiger partial charge on any atom is -0.342 e. The average molecular weight is 218 g/mol. The number of anilines is 1. The van der Waals surface area contributed by atoms with Crippen LogP contribution in [0, 0.1) is 5.92 Å². The highest BCUT2D eigenvalue weighted by Crippen LogP contribution is 2.30. The quantitative estimate of drug-likeness (QED) is 0.710. The first-order valence-electron chi connectivity index (χ1n) is 4.42. The predicted octanol–water partition coefficient (Wildman–Crippen LogP) is 1.99. The van der Waals surface area contributed by atoms with Crippen LogP contribution in [0.5, 0.6) is 0 Å². The number of alkyl halides is 1. The molecular formula is C8H12ClN3S. The molecule has 0 saturated carbocycles. The number of halogens is 1. The van der Waals surface area contributed by atoms with Gasteiger partial charge in [0.25, 0.3) is 0 Å². The highest BCUT2D eigenvalue weighted by atomic mass is 35.5. The van der Waals surface area contributed by atoms with Crippen molar-refractivity contribution in [2.75, 3.05) is 17.3 Å². The summed E-state index contributed by atoms with van der Waals surface area (Å²) in [5, 5.41) is 1.01. The van der Waals surface area contributed by atoms with E-state index in [1.165, 1.54) is 18.0 Å². The summed E-state index contributed by atoms with van der Waals surface area (Å²) in [6.07, 6.45) is 2.81. The Bertz CT molecular complexity index is 264. The monoisotopic (exact) mass is 217 g/mol. The van der Waals surface area contributed by atoms with Crippen molar-refractivity contribution in [3.8, 4) is 0 Å². The van der Waals surface area contributed by atoms with E-state index in [1.54, 1.807) is 6.33 Å². The van der Waals surface area contributed by atoms with Gasteiger partial charge < -0.3 is 4.90 Å². The van der Waals surface area contributed by atoms with Crippen molar-refractivity contribution in [2.45, 2.75) is 19.4 Å². The third-order valence-electron chi connectivity index (χ3n) is 2.64. The molecule has 1 aromatic rings. The molecule has 1 saturated heterocycles. The van der Waals surface area contributed by atoms with Gasteiger partial charge in [0.15, 0.2) is 0 Å². The van der Waals surface area contributed by atoms with Crippen LogP contribution in [0.25, 0.3) is 0 Å². The summed E-state index contributed by atoms with van der Waals surface area (Å²) < 4.78 is 4.01. The van der Waals surface area contributed by atoms with E-state index in [0.717, 1.165) is 11.7 Å². The molecule has 1 aliphatic heterocycles. The summed E-state index contributed by atoms with van der Waals surface area (Å²) in [5.41, 5.74) is 0. The Morgan fingerprint density at radius 1 is 1.77 bits per heavy atom. The van der Waals surface area contributed by atoms with Crippen LogP contribution < -0.4 is 4.90 Å². The van der Waals surface area contributed by atoms with Crippen LogP contribution in [0.15, 0.2) is 6.33 Å². The second-order valence-electron chi connectivity index (χ2n) is 3.40. The number of aromatic nitrogens is 2. The third-order valence-corrected chi connectivity index (χ3v) is 3.66. The maximum absolute atomic E-state index is 5.93. The van der Waals surface area contributed by atoms with Gasteiger partial charge in [0.1, 0.15) is 6.33 Å². The molecule has 72 valence electrons. The van der Waals surface area contributed by atoms with Crippen molar-refractivity contribution in [3.63, 3.8) is 0 Å². The predicted molar refractivity (Wildman–Crippen MR) is 55.5 cm³/mol. The van der Waals surface area contributed by atoms with E-state index in [2.05, 4.69) is 21.2 Å². The van der Waals surface area contributed by atoms with E-state index in [0.29, 0.717) is 17.8 Å². The van der Waals surface area contributed by atoms with E-state index in [4.69, 9.17) is 11.6 Å². The van der Waals surface area contributed by atoms with Gasteiger partial charge in [-0.3, -0.25) is 0 Å². The topological polar surface area (TPSA) is 29.0 Å². The Labute approximate surface area is 86.9 Å². The number of rotatable bonds is 2. The van der Waals surface area contributed by atoms with Crippen LogP contribution >= 0.6 is 23.1 Å². The van der Waals surface area contributed by atoms with Crippen molar-refractivity contribution < 1.29 is 0 Å². The summed E-state index contributed by atoms with van der Waals surface area (Å²) in [5.74, 6) is 1.35. The smallest absolute Gasteiger partial charge is 0.205 e. The molecule has 0 aromatic carbocycles. The van der Waals surface area contributed by atoms with Crippen molar-refractivity contribution in [1.29, 1.82) is 0 Å². The molecule has 2 heterocycles. The fourth-order valence-corrected chi connectivity index (χ4v) is 2.86. The van der Waals surface area contributed by atoms with Gasteiger partial charge >= 0.3 is 0 Å². The molecule has 13 heavy (non-hydrogen) atoms. The van der Waals surface area contributed by atoms with Gasteiger partial charge in [0.05, 0.1) is 0 Å². The summed E-state index contributed by atoms with van der Waals surface area (Å²) in [6.45, 7) is 3.31. The maximum Gasteiger partial charge on any atom is 0.205 e. The largest absolute Gasteiger partial charge is 0.342 e. The first-order valence-corrected chi connectivity index (χ1v) is 5.73. The zero-order valence-electron chi connectivity index (χ0n) is 7.48. The van der Waals surface area contributed by atoms with E-state index >= 15 is 0 Å². The van der Waals surface area contributed by atoms with Gasteiger partial charge in [-0.2, -0.15) is 4.37 Å². The van der Waals surface area contributed by atoms with Gasteiger partial charge in [0.2, 0.25) is 5.13 Å². The molecule has 1 aromatic heterocycles. The lowest BCUT2D eigenvalue weighted by molar-refractivity contribution is 0.550. The van der Waals surface area contributed by atoms with Crippen LogP contribution in [-0.2, 0) is 0 Å². The molecule has 0 spiro atoms. The van der Waals surface area contributed by atoms with Gasteiger partial charge in [-0.1, -0.05) is 6.92 Å². The van der Waals surface area contributed by atoms with E-state index in [-0.39, 0.29) is 0 Å². The Morgan fingerprint density at radius 2 is 2.62 bits per heavy atom. The normalized spacial score (nSPS) is 28.3. The van der Waals surface area contributed by atoms with Crippen LogP contribution in [0.3, 0.4) is 0 Å². The van der Waals surface area contributed by atoms with E-state index in [1.807, 2.05) is 0 Å². The first kappa shape index (κ1) is 9.21. The molecular weight excluding hydrogens is 206 g/mol. The fourth-order valence-electron chi connectivity index (χ4n) is 1.77. The van der Waals surface area contributed by atoms with Gasteiger partial charge in [-0.05, 0) is 12.3 Å². The zero-order chi connectivity index (χ0) is 9.26. The van der Waals surface area contributed by atoms with Crippen LogP contribution in [0.2, 0.25) is 0 Å². The van der Waals surface area contributed by atoms with Crippen LogP contribution in [-0.4, -0.2) is 27.8 Å². The van der Waals surface area contributed by atoms with E-state index in [9.17, 15) is 0 Å². The van der Waals surface area contributed by atoms with Crippen LogP contribution in [0.4, 0.5) is 5.13 Å². The molecule has 3 nitrogen and oxygen atoms in total. The minimum absolute atomic E-state index is 0.439.